The van der Waals surface area contributed by atoms with Crippen molar-refractivity contribution in [2.24, 2.45) is 0 Å². The molecule has 0 amide bonds. The third kappa shape index (κ3) is 3.40. The largest absolute Gasteiger partial charge is 0.306 e. The van der Waals surface area contributed by atoms with Crippen LogP contribution in [0.4, 0.5) is 0 Å². The maximum atomic E-state index is 9.57. The van der Waals surface area contributed by atoms with Crippen molar-refractivity contribution in [2.75, 3.05) is 0 Å². The van der Waals surface area contributed by atoms with Gasteiger partial charge in [0, 0.05) is 6.21 Å². The molecule has 0 heterocycles. The van der Waals surface area contributed by atoms with E-state index in [2.05, 4.69) is 0 Å². The minimum absolute atomic E-state index is 0.204. The van der Waals surface area contributed by atoms with Crippen molar-refractivity contribution in [1.82, 2.24) is 0 Å². The van der Waals surface area contributed by atoms with E-state index in [0.29, 0.717) is 0 Å². The summed E-state index contributed by atoms with van der Waals surface area (Å²) < 4.78 is 0. The van der Waals surface area contributed by atoms with Crippen molar-refractivity contribution in [1.29, 1.82) is 5.41 Å². The molecule has 0 aromatic heterocycles. The number of hydrogen-bond acceptors (Lipinski definition) is 2. The third-order valence-electron chi connectivity index (χ3n) is 0.203. The Morgan fingerprint density at radius 2 is 2.20 bits per heavy atom. The molecule has 0 spiro atoms. The Bertz CT molecular complexity index is 60.7. The van der Waals surface area contributed by atoms with Gasteiger partial charge in [-0.15, -0.1) is 0 Å². The number of rotatable bonds is 1. The summed E-state index contributed by atoms with van der Waals surface area (Å²) in [5.74, 6) is 0. The Hall–Kier alpha value is -0.595. The SMILES string of the molecule is BC(=O)C=N. The number of carbonyl (C=O) groups is 1. The fraction of sp³-hybridized carbons (Fsp3) is 0. The summed E-state index contributed by atoms with van der Waals surface area (Å²) in [5, 5.41) is 6.18. The van der Waals surface area contributed by atoms with Crippen molar-refractivity contribution in [3.8, 4) is 0 Å². The molecule has 0 aliphatic carbocycles. The normalized spacial score (nSPS) is 6.40. The van der Waals surface area contributed by atoms with Crippen LogP contribution in [-0.2, 0) is 4.79 Å². The zero-order chi connectivity index (χ0) is 4.28. The lowest BCUT2D eigenvalue weighted by atomic mass is 10.1. The van der Waals surface area contributed by atoms with E-state index >= 15 is 0 Å². The Morgan fingerprint density at radius 1 is 2.00 bits per heavy atom. The Balaban J connectivity index is 3.20. The predicted molar refractivity (Wildman–Crippen MR) is 22.3 cm³/mol. The average Bonchev–Trinajstić information content (AvgIpc) is 1.38. The number of carbonyl (C=O) groups excluding carboxylic acids is 1. The summed E-state index contributed by atoms with van der Waals surface area (Å²) in [6, 6.07) is 0. The first-order chi connectivity index (χ1) is 2.27. The van der Waals surface area contributed by atoms with Crippen LogP contribution in [0.15, 0.2) is 0 Å². The number of hydrogen-bond donors (Lipinski definition) is 1. The molecule has 0 unspecified atom stereocenters. The first-order valence-electron chi connectivity index (χ1n) is 1.28. The van der Waals surface area contributed by atoms with Crippen LogP contribution in [0.2, 0.25) is 0 Å². The van der Waals surface area contributed by atoms with Crippen LogP contribution in [0.5, 0.6) is 0 Å². The molecule has 0 saturated carbocycles. The molecular formula is C2H4BNO. The molecule has 0 fully saturated rings. The molecule has 0 aromatic carbocycles. The van der Waals surface area contributed by atoms with E-state index in [9.17, 15) is 4.79 Å². The van der Waals surface area contributed by atoms with E-state index in [1.54, 1.807) is 0 Å². The van der Waals surface area contributed by atoms with Crippen molar-refractivity contribution in [3.05, 3.63) is 0 Å². The molecule has 3 heteroatoms. The van der Waals surface area contributed by atoms with Crippen LogP contribution in [0.3, 0.4) is 0 Å². The Morgan fingerprint density at radius 3 is 2.20 bits per heavy atom. The molecule has 0 radical (unpaired) electrons. The van der Waals surface area contributed by atoms with E-state index in [1.807, 2.05) is 0 Å². The highest BCUT2D eigenvalue weighted by Crippen LogP contribution is 1.39. The van der Waals surface area contributed by atoms with Gasteiger partial charge < -0.3 is 10.2 Å². The van der Waals surface area contributed by atoms with Gasteiger partial charge in [0.25, 0.3) is 0 Å². The minimum Gasteiger partial charge on any atom is -0.306 e. The molecule has 0 saturated heterocycles. The van der Waals surface area contributed by atoms with Crippen LogP contribution in [-0.4, -0.2) is 19.7 Å². The van der Waals surface area contributed by atoms with Gasteiger partial charge in [0.05, 0.1) is 0 Å². The van der Waals surface area contributed by atoms with Gasteiger partial charge in [-0.1, -0.05) is 0 Å². The lowest BCUT2D eigenvalue weighted by Gasteiger charge is -1.60. The second-order valence-corrected chi connectivity index (χ2v) is 0.755. The lowest BCUT2D eigenvalue weighted by molar-refractivity contribution is -0.105. The Kier molecular flexibility index (Phi) is 1.50. The molecule has 5 heavy (non-hydrogen) atoms. The van der Waals surface area contributed by atoms with Crippen molar-refractivity contribution in [3.63, 3.8) is 0 Å². The third-order valence-corrected chi connectivity index (χ3v) is 0.203. The van der Waals surface area contributed by atoms with Crippen LogP contribution < -0.4 is 0 Å². The summed E-state index contributed by atoms with van der Waals surface area (Å²) in [7, 11) is 1.34. The maximum Gasteiger partial charge on any atom is 0.194 e. The predicted octanol–water partition coefficient (Wildman–Crippen LogP) is -1.20. The fourth-order valence-electron chi connectivity index (χ4n) is 0. The van der Waals surface area contributed by atoms with Gasteiger partial charge >= 0.3 is 0 Å². The van der Waals surface area contributed by atoms with Crippen LogP contribution in [0.25, 0.3) is 0 Å². The molecule has 0 bridgehead atoms. The first kappa shape index (κ1) is 4.40. The standard InChI is InChI=1S/C2H4BNO/c3-2(5)1-4/h1,4H,3H2. The van der Waals surface area contributed by atoms with Crippen LogP contribution >= 0.6 is 0 Å². The zero-order valence-electron chi connectivity index (χ0n) is 2.99. The van der Waals surface area contributed by atoms with Gasteiger partial charge in [-0.2, -0.15) is 0 Å². The molecule has 0 aliphatic heterocycles. The summed E-state index contributed by atoms with van der Waals surface area (Å²) in [6.45, 7) is 0. The lowest BCUT2D eigenvalue weighted by Crippen LogP contribution is -1.92. The van der Waals surface area contributed by atoms with E-state index in [-0.39, 0.29) is 5.68 Å². The monoisotopic (exact) mass is 69.0 g/mol. The molecule has 0 aromatic rings. The van der Waals surface area contributed by atoms with Crippen molar-refractivity contribution in [2.45, 2.75) is 0 Å². The van der Waals surface area contributed by atoms with Gasteiger partial charge in [0.2, 0.25) is 0 Å². The van der Waals surface area contributed by atoms with Crippen molar-refractivity contribution < 1.29 is 4.79 Å². The van der Waals surface area contributed by atoms with Crippen molar-refractivity contribution >= 4 is 19.7 Å². The molecule has 26 valence electrons. The highest BCUT2D eigenvalue weighted by Gasteiger charge is 1.72. The molecular weight excluding hydrogens is 64.8 g/mol. The van der Waals surface area contributed by atoms with E-state index in [0.717, 1.165) is 6.21 Å². The second kappa shape index (κ2) is 1.70. The van der Waals surface area contributed by atoms with Crippen LogP contribution in [0.1, 0.15) is 0 Å². The zero-order valence-corrected chi connectivity index (χ0v) is 2.99. The quantitative estimate of drug-likeness (QED) is 0.304. The second-order valence-electron chi connectivity index (χ2n) is 0.755. The first-order valence-corrected chi connectivity index (χ1v) is 1.28. The highest BCUT2D eigenvalue weighted by atomic mass is 16.1. The summed E-state index contributed by atoms with van der Waals surface area (Å²) in [4.78, 5) is 9.57. The van der Waals surface area contributed by atoms with Gasteiger partial charge in [-0.05, 0) is 0 Å². The van der Waals surface area contributed by atoms with Gasteiger partial charge in [-0.3, -0.25) is 0 Å². The summed E-state index contributed by atoms with van der Waals surface area (Å²) in [5.41, 5.74) is -0.204. The topological polar surface area (TPSA) is 40.9 Å². The van der Waals surface area contributed by atoms with E-state index < -0.39 is 0 Å². The van der Waals surface area contributed by atoms with Crippen LogP contribution in [0, 0.1) is 5.41 Å². The summed E-state index contributed by atoms with van der Waals surface area (Å²) >= 11 is 0. The van der Waals surface area contributed by atoms with Gasteiger partial charge in [0.1, 0.15) is 5.68 Å². The maximum absolute atomic E-state index is 9.57. The van der Waals surface area contributed by atoms with E-state index in [4.69, 9.17) is 5.41 Å². The average molecular weight is 68.9 g/mol. The molecule has 0 aliphatic rings. The fourth-order valence-corrected chi connectivity index (χ4v) is 0. The number of nitrogens with one attached hydrogen (secondary N) is 1. The smallest absolute Gasteiger partial charge is 0.194 e. The summed E-state index contributed by atoms with van der Waals surface area (Å²) in [6.07, 6.45) is 0.778. The van der Waals surface area contributed by atoms with E-state index in [1.165, 1.54) is 7.85 Å². The Labute approximate surface area is 31.1 Å². The minimum atomic E-state index is -0.204. The van der Waals surface area contributed by atoms with Gasteiger partial charge in [-0.25, -0.2) is 0 Å². The molecule has 0 rings (SSSR count). The van der Waals surface area contributed by atoms with Gasteiger partial charge in [0.15, 0.2) is 7.85 Å². The highest BCUT2D eigenvalue weighted by molar-refractivity contribution is 6.73. The molecule has 0 atom stereocenters. The molecule has 2 nitrogen and oxygen atoms in total. The molecule has 1 N–H and O–H groups in total.